The van der Waals surface area contributed by atoms with Crippen LogP contribution in [0, 0.1) is 21.0 Å². The number of nitrogens with one attached hydrogen (secondary N) is 1. The van der Waals surface area contributed by atoms with E-state index in [-0.39, 0.29) is 23.2 Å². The molecule has 2 aromatic rings. The summed E-state index contributed by atoms with van der Waals surface area (Å²) in [6.45, 7) is 0. The second kappa shape index (κ2) is 7.27. The smallest absolute Gasteiger partial charge is 0.246 e. The lowest BCUT2D eigenvalue weighted by atomic mass is 10.0. The van der Waals surface area contributed by atoms with Crippen LogP contribution < -0.4 is 4.72 Å². The summed E-state index contributed by atoms with van der Waals surface area (Å²) in [4.78, 5) is 0. The van der Waals surface area contributed by atoms with Crippen LogP contribution in [0.2, 0.25) is 0 Å². The molecule has 0 unspecified atom stereocenters. The van der Waals surface area contributed by atoms with Crippen molar-refractivity contribution in [1.29, 1.82) is 0 Å². The molecule has 0 amide bonds. The minimum atomic E-state index is -3.90. The molecule has 2 rings (SSSR count). The predicted molar refractivity (Wildman–Crippen MR) is 91.5 cm³/mol. The molecule has 0 aliphatic rings. The zero-order valence-electron chi connectivity index (χ0n) is 11.4. The summed E-state index contributed by atoms with van der Waals surface area (Å²) >= 11 is 7.20. The van der Waals surface area contributed by atoms with Crippen LogP contribution in [0.25, 0.3) is 0 Å². The molecular formula is C14H10ClF3INO2S. The van der Waals surface area contributed by atoms with Gasteiger partial charge in [0.1, 0.15) is 11.0 Å². The molecule has 124 valence electrons. The van der Waals surface area contributed by atoms with Crippen LogP contribution in [0.3, 0.4) is 0 Å². The molecule has 9 heteroatoms. The summed E-state index contributed by atoms with van der Waals surface area (Å²) in [6, 6.07) is 6.15. The first kappa shape index (κ1) is 18.3. The summed E-state index contributed by atoms with van der Waals surface area (Å²) in [5, 5.41) is -0.747. The van der Waals surface area contributed by atoms with Gasteiger partial charge in [0.15, 0.2) is 11.6 Å². The fourth-order valence-electron chi connectivity index (χ4n) is 1.91. The van der Waals surface area contributed by atoms with Crippen molar-refractivity contribution >= 4 is 49.9 Å². The minimum absolute atomic E-state index is 0.112. The van der Waals surface area contributed by atoms with E-state index >= 15 is 0 Å². The van der Waals surface area contributed by atoms with E-state index in [2.05, 4.69) is 4.72 Å². The molecule has 1 N–H and O–H groups in total. The molecule has 0 fully saturated rings. The Morgan fingerprint density at radius 2 is 1.78 bits per heavy atom. The van der Waals surface area contributed by atoms with Gasteiger partial charge in [0.2, 0.25) is 10.0 Å². The van der Waals surface area contributed by atoms with Crippen LogP contribution in [0.5, 0.6) is 0 Å². The maximum atomic E-state index is 14.1. The lowest BCUT2D eigenvalue weighted by molar-refractivity contribution is 0.500. The Balaban J connectivity index is 2.49. The Bertz CT molecular complexity index is 846. The van der Waals surface area contributed by atoms with Crippen LogP contribution >= 0.6 is 34.2 Å². The van der Waals surface area contributed by atoms with Gasteiger partial charge in [-0.25, -0.2) is 21.6 Å². The number of anilines is 1. The summed E-state index contributed by atoms with van der Waals surface area (Å²) in [7, 11) is -3.90. The summed E-state index contributed by atoms with van der Waals surface area (Å²) < 4.78 is 67.3. The van der Waals surface area contributed by atoms with Gasteiger partial charge in [-0.2, -0.15) is 0 Å². The van der Waals surface area contributed by atoms with Crippen molar-refractivity contribution in [3.63, 3.8) is 0 Å². The van der Waals surface area contributed by atoms with Crippen LogP contribution in [-0.4, -0.2) is 13.6 Å². The Hall–Kier alpha value is -1.00. The number of hydrogen-bond donors (Lipinski definition) is 1. The molecule has 0 spiro atoms. The lowest BCUT2D eigenvalue weighted by Gasteiger charge is -2.13. The van der Waals surface area contributed by atoms with Crippen molar-refractivity contribution in [2.75, 3.05) is 9.93 Å². The molecule has 2 aromatic carbocycles. The van der Waals surface area contributed by atoms with Crippen LogP contribution in [-0.2, 0) is 16.4 Å². The molecular weight excluding hydrogens is 466 g/mol. The van der Waals surface area contributed by atoms with E-state index in [9.17, 15) is 21.6 Å². The fourth-order valence-corrected chi connectivity index (χ4v) is 3.11. The van der Waals surface area contributed by atoms with E-state index in [0.717, 1.165) is 12.1 Å². The van der Waals surface area contributed by atoms with Crippen molar-refractivity contribution in [1.82, 2.24) is 0 Å². The van der Waals surface area contributed by atoms with E-state index in [0.29, 0.717) is 3.57 Å². The third kappa shape index (κ3) is 4.51. The number of alkyl halides is 1. The highest BCUT2D eigenvalue weighted by atomic mass is 127. The largest absolute Gasteiger partial charge is 0.282 e. The van der Waals surface area contributed by atoms with Gasteiger partial charge in [-0.1, -0.05) is 6.07 Å². The Kier molecular flexibility index (Phi) is 5.79. The van der Waals surface area contributed by atoms with Crippen LogP contribution in [0.15, 0.2) is 30.3 Å². The van der Waals surface area contributed by atoms with Gasteiger partial charge in [0.05, 0.1) is 5.69 Å². The molecule has 0 heterocycles. The van der Waals surface area contributed by atoms with Crippen molar-refractivity contribution in [3.8, 4) is 0 Å². The molecule has 0 bridgehead atoms. The third-order valence-electron chi connectivity index (χ3n) is 2.99. The molecule has 0 radical (unpaired) electrons. The Morgan fingerprint density at radius 3 is 2.39 bits per heavy atom. The highest BCUT2D eigenvalue weighted by molar-refractivity contribution is 14.1. The molecule has 0 saturated heterocycles. The van der Waals surface area contributed by atoms with E-state index in [1.165, 1.54) is 12.1 Å². The fraction of sp³-hybridized carbons (Fsp3) is 0.143. The quantitative estimate of drug-likeness (QED) is 0.520. The summed E-state index contributed by atoms with van der Waals surface area (Å²) in [5.74, 6) is -2.98. The van der Waals surface area contributed by atoms with Gasteiger partial charge in [-0.05, 0) is 52.4 Å². The Labute approximate surface area is 150 Å². The van der Waals surface area contributed by atoms with Crippen LogP contribution in [0.1, 0.15) is 11.1 Å². The zero-order valence-corrected chi connectivity index (χ0v) is 15.1. The average Bonchev–Trinajstić information content (AvgIpc) is 2.48. The number of rotatable bonds is 5. The van der Waals surface area contributed by atoms with Crippen molar-refractivity contribution in [2.24, 2.45) is 0 Å². The Morgan fingerprint density at radius 1 is 1.09 bits per heavy atom. The van der Waals surface area contributed by atoms with E-state index in [1.54, 1.807) is 6.07 Å². The first-order chi connectivity index (χ1) is 10.7. The molecule has 0 aromatic heterocycles. The second-order valence-corrected chi connectivity index (χ2v) is 8.18. The third-order valence-corrected chi connectivity index (χ3v) is 5.34. The summed E-state index contributed by atoms with van der Waals surface area (Å²) in [6.07, 6.45) is -0.313. The predicted octanol–water partition coefficient (Wildman–Crippen LogP) is 4.24. The van der Waals surface area contributed by atoms with E-state index in [1.807, 2.05) is 22.6 Å². The van der Waals surface area contributed by atoms with Crippen LogP contribution in [0.4, 0.5) is 18.9 Å². The molecule has 0 saturated carbocycles. The van der Waals surface area contributed by atoms with Gasteiger partial charge < -0.3 is 0 Å². The van der Waals surface area contributed by atoms with Gasteiger partial charge in [-0.15, -0.1) is 11.6 Å². The maximum absolute atomic E-state index is 14.1. The number of halogens is 5. The average molecular weight is 476 g/mol. The van der Waals surface area contributed by atoms with Crippen molar-refractivity contribution in [2.45, 2.75) is 6.42 Å². The molecule has 23 heavy (non-hydrogen) atoms. The van der Waals surface area contributed by atoms with Gasteiger partial charge in [0.25, 0.3) is 0 Å². The maximum Gasteiger partial charge on any atom is 0.246 e. The second-order valence-electron chi connectivity index (χ2n) is 4.63. The van der Waals surface area contributed by atoms with Gasteiger partial charge >= 0.3 is 0 Å². The highest BCUT2D eigenvalue weighted by Gasteiger charge is 2.19. The van der Waals surface area contributed by atoms with Gasteiger partial charge in [-0.3, -0.25) is 4.72 Å². The monoisotopic (exact) mass is 475 g/mol. The standard InChI is InChI=1S/C14H10ClF3INO2S/c15-7-23(21,22)20-13-4-3-11(16)14(18)10(13)5-8-1-2-9(19)6-12(8)17/h1-4,6,20H,5,7H2. The molecule has 0 aliphatic heterocycles. The number of hydrogen-bond acceptors (Lipinski definition) is 2. The topological polar surface area (TPSA) is 46.2 Å². The number of benzene rings is 2. The van der Waals surface area contributed by atoms with E-state index < -0.39 is 32.7 Å². The zero-order chi connectivity index (χ0) is 17.2. The SMILES string of the molecule is O=S(=O)(CCl)Nc1ccc(F)c(F)c1Cc1ccc(I)cc1F. The lowest BCUT2D eigenvalue weighted by Crippen LogP contribution is -2.16. The normalized spacial score (nSPS) is 11.5. The summed E-state index contributed by atoms with van der Waals surface area (Å²) in [5.41, 5.74) is -0.359. The first-order valence-corrected chi connectivity index (χ1v) is 9.47. The molecule has 0 atom stereocenters. The molecule has 0 aliphatic carbocycles. The van der Waals surface area contributed by atoms with Gasteiger partial charge in [0, 0.05) is 15.6 Å². The van der Waals surface area contributed by atoms with E-state index in [4.69, 9.17) is 11.6 Å². The van der Waals surface area contributed by atoms with Crippen molar-refractivity contribution < 1.29 is 21.6 Å². The first-order valence-electron chi connectivity index (χ1n) is 6.21. The minimum Gasteiger partial charge on any atom is -0.282 e. The highest BCUT2D eigenvalue weighted by Crippen LogP contribution is 2.27. The van der Waals surface area contributed by atoms with Crippen molar-refractivity contribution in [3.05, 3.63) is 62.5 Å². The number of sulfonamides is 1. The molecule has 3 nitrogen and oxygen atoms in total.